The van der Waals surface area contributed by atoms with Crippen LogP contribution in [0, 0.1) is 5.92 Å². The van der Waals surface area contributed by atoms with E-state index < -0.39 is 0 Å². The molecule has 0 saturated heterocycles. The first-order valence-electron chi connectivity index (χ1n) is 7.45. The lowest BCUT2D eigenvalue weighted by atomic mass is 10.0. The third kappa shape index (κ3) is 4.29. The van der Waals surface area contributed by atoms with Crippen LogP contribution in [0.5, 0.6) is 5.75 Å². The molecule has 1 atom stereocenters. The maximum Gasteiger partial charge on any atom is 0.138 e. The molecule has 2 rings (SSSR count). The van der Waals surface area contributed by atoms with Crippen LogP contribution >= 0.6 is 0 Å². The molecule has 0 radical (unpaired) electrons. The molecule has 0 aliphatic carbocycles. The second-order valence-corrected chi connectivity index (χ2v) is 5.57. The molecule has 0 saturated carbocycles. The Morgan fingerprint density at radius 3 is 2.86 bits per heavy atom. The van der Waals surface area contributed by atoms with E-state index in [0.29, 0.717) is 18.9 Å². The molecule has 114 valence electrons. The van der Waals surface area contributed by atoms with E-state index in [1.165, 1.54) is 0 Å². The zero-order valence-electron chi connectivity index (χ0n) is 13.0. The molecule has 21 heavy (non-hydrogen) atoms. The fraction of sp³-hybridized carbons (Fsp3) is 0.500. The molecule has 5 nitrogen and oxygen atoms in total. The van der Waals surface area contributed by atoms with Gasteiger partial charge in [-0.15, -0.1) is 0 Å². The molecule has 0 bridgehead atoms. The van der Waals surface area contributed by atoms with Crippen molar-refractivity contribution >= 4 is 0 Å². The summed E-state index contributed by atoms with van der Waals surface area (Å²) in [4.78, 5) is 4.33. The van der Waals surface area contributed by atoms with Gasteiger partial charge in [0.05, 0.1) is 6.61 Å². The largest absolute Gasteiger partial charge is 0.494 e. The van der Waals surface area contributed by atoms with Crippen LogP contribution in [0.4, 0.5) is 0 Å². The summed E-state index contributed by atoms with van der Waals surface area (Å²) in [7, 11) is 0. The summed E-state index contributed by atoms with van der Waals surface area (Å²) >= 11 is 0. The minimum absolute atomic E-state index is 0.111. The van der Waals surface area contributed by atoms with Crippen LogP contribution in [-0.4, -0.2) is 21.4 Å². The molecule has 1 aromatic heterocycles. The minimum Gasteiger partial charge on any atom is -0.494 e. The Morgan fingerprint density at radius 2 is 2.14 bits per heavy atom. The number of rotatable bonds is 7. The van der Waals surface area contributed by atoms with Crippen LogP contribution in [0.1, 0.15) is 38.2 Å². The second-order valence-electron chi connectivity index (χ2n) is 5.57. The number of hydrogen-bond acceptors (Lipinski definition) is 4. The molecule has 1 heterocycles. The van der Waals surface area contributed by atoms with E-state index in [-0.39, 0.29) is 6.04 Å². The normalized spacial score (nSPS) is 12.6. The number of nitrogens with zero attached hydrogens (tertiary/aromatic N) is 3. The van der Waals surface area contributed by atoms with Gasteiger partial charge in [0.25, 0.3) is 0 Å². The van der Waals surface area contributed by atoms with Gasteiger partial charge in [-0.25, -0.2) is 9.67 Å². The number of ether oxygens (including phenoxy) is 1. The molecular weight excluding hydrogens is 264 g/mol. The Labute approximate surface area is 126 Å². The van der Waals surface area contributed by atoms with Crippen LogP contribution in [0.3, 0.4) is 0 Å². The number of benzene rings is 1. The van der Waals surface area contributed by atoms with Gasteiger partial charge in [0.2, 0.25) is 0 Å². The van der Waals surface area contributed by atoms with Crippen LogP contribution in [-0.2, 0) is 13.0 Å². The van der Waals surface area contributed by atoms with Gasteiger partial charge in [0, 0.05) is 19.0 Å². The zero-order chi connectivity index (χ0) is 15.2. The van der Waals surface area contributed by atoms with E-state index in [1.807, 2.05) is 35.9 Å². The lowest BCUT2D eigenvalue weighted by molar-refractivity contribution is 0.339. The summed E-state index contributed by atoms with van der Waals surface area (Å²) in [6.07, 6.45) is 2.27. The summed E-state index contributed by atoms with van der Waals surface area (Å²) in [5, 5.41) is 4.28. The summed E-state index contributed by atoms with van der Waals surface area (Å²) in [6.45, 7) is 7.82. The topological polar surface area (TPSA) is 66.0 Å². The Bertz CT molecular complexity index is 565. The highest BCUT2D eigenvalue weighted by Crippen LogP contribution is 2.20. The number of hydrogen-bond donors (Lipinski definition) is 1. The van der Waals surface area contributed by atoms with Crippen molar-refractivity contribution in [2.24, 2.45) is 11.7 Å². The van der Waals surface area contributed by atoms with Crippen molar-refractivity contribution in [2.75, 3.05) is 6.61 Å². The van der Waals surface area contributed by atoms with E-state index in [0.717, 1.165) is 23.7 Å². The Balaban J connectivity index is 2.09. The van der Waals surface area contributed by atoms with Gasteiger partial charge in [0.15, 0.2) is 0 Å². The third-order valence-electron chi connectivity index (χ3n) is 3.23. The molecule has 5 heteroatoms. The van der Waals surface area contributed by atoms with Gasteiger partial charge in [0.1, 0.15) is 17.9 Å². The highest BCUT2D eigenvalue weighted by Gasteiger charge is 2.13. The highest BCUT2D eigenvalue weighted by atomic mass is 16.5. The maximum absolute atomic E-state index is 6.31. The molecular formula is C16H24N4O. The van der Waals surface area contributed by atoms with Gasteiger partial charge in [-0.3, -0.25) is 0 Å². The Hall–Kier alpha value is -1.88. The molecule has 0 spiro atoms. The molecule has 1 unspecified atom stereocenters. The van der Waals surface area contributed by atoms with Crippen molar-refractivity contribution in [2.45, 2.75) is 39.8 Å². The fourth-order valence-corrected chi connectivity index (χ4v) is 2.26. The summed E-state index contributed by atoms with van der Waals surface area (Å²) in [6, 6.07) is 7.83. The van der Waals surface area contributed by atoms with Gasteiger partial charge in [-0.2, -0.15) is 5.10 Å². The van der Waals surface area contributed by atoms with Crippen molar-refractivity contribution in [3.63, 3.8) is 0 Å². The van der Waals surface area contributed by atoms with E-state index >= 15 is 0 Å². The van der Waals surface area contributed by atoms with E-state index in [1.54, 1.807) is 6.33 Å². The van der Waals surface area contributed by atoms with E-state index in [2.05, 4.69) is 23.9 Å². The Kier molecular flexibility index (Phi) is 5.33. The first kappa shape index (κ1) is 15.5. The van der Waals surface area contributed by atoms with Crippen LogP contribution in [0.15, 0.2) is 30.6 Å². The van der Waals surface area contributed by atoms with Crippen LogP contribution < -0.4 is 10.5 Å². The molecule has 0 amide bonds. The monoisotopic (exact) mass is 288 g/mol. The van der Waals surface area contributed by atoms with E-state index in [9.17, 15) is 0 Å². The summed E-state index contributed by atoms with van der Waals surface area (Å²) in [5.74, 6) is 2.31. The average molecular weight is 288 g/mol. The van der Waals surface area contributed by atoms with Crippen molar-refractivity contribution in [3.05, 3.63) is 42.0 Å². The maximum atomic E-state index is 6.31. The predicted octanol–water partition coefficient (Wildman–Crippen LogP) is 2.58. The molecule has 0 fully saturated rings. The highest BCUT2D eigenvalue weighted by molar-refractivity contribution is 5.30. The molecule has 0 aliphatic rings. The van der Waals surface area contributed by atoms with Crippen LogP contribution in [0.25, 0.3) is 0 Å². The SMILES string of the molecule is CCOc1cccc(C(N)Cc2ncnn2CC(C)C)c1. The Morgan fingerprint density at radius 1 is 1.33 bits per heavy atom. The van der Waals surface area contributed by atoms with Gasteiger partial charge in [-0.1, -0.05) is 26.0 Å². The lowest BCUT2D eigenvalue weighted by Gasteiger charge is -2.14. The van der Waals surface area contributed by atoms with Crippen molar-refractivity contribution in [1.82, 2.24) is 14.8 Å². The zero-order valence-corrected chi connectivity index (χ0v) is 13.0. The van der Waals surface area contributed by atoms with Gasteiger partial charge >= 0.3 is 0 Å². The quantitative estimate of drug-likeness (QED) is 0.850. The van der Waals surface area contributed by atoms with Gasteiger partial charge in [-0.05, 0) is 30.5 Å². The van der Waals surface area contributed by atoms with E-state index in [4.69, 9.17) is 10.5 Å². The fourth-order valence-electron chi connectivity index (χ4n) is 2.26. The second kappa shape index (κ2) is 7.22. The number of aromatic nitrogens is 3. The van der Waals surface area contributed by atoms with Crippen molar-refractivity contribution in [1.29, 1.82) is 0 Å². The first-order valence-corrected chi connectivity index (χ1v) is 7.45. The molecule has 0 aliphatic heterocycles. The predicted molar refractivity (Wildman–Crippen MR) is 83.1 cm³/mol. The van der Waals surface area contributed by atoms with Crippen molar-refractivity contribution in [3.8, 4) is 5.75 Å². The average Bonchev–Trinajstić information content (AvgIpc) is 2.86. The third-order valence-corrected chi connectivity index (χ3v) is 3.23. The minimum atomic E-state index is -0.111. The summed E-state index contributed by atoms with van der Waals surface area (Å²) < 4.78 is 7.46. The molecule has 1 aromatic carbocycles. The summed E-state index contributed by atoms with van der Waals surface area (Å²) in [5.41, 5.74) is 7.37. The van der Waals surface area contributed by atoms with Gasteiger partial charge < -0.3 is 10.5 Å². The van der Waals surface area contributed by atoms with Crippen LogP contribution in [0.2, 0.25) is 0 Å². The molecule has 2 aromatic rings. The van der Waals surface area contributed by atoms with Crippen molar-refractivity contribution < 1.29 is 4.74 Å². The standard InChI is InChI=1S/C16H24N4O/c1-4-21-14-7-5-6-13(8-14)15(17)9-16-18-11-19-20(16)10-12(2)3/h5-8,11-12,15H,4,9-10,17H2,1-3H3. The molecule has 2 N–H and O–H groups in total. The first-order chi connectivity index (χ1) is 10.1. The smallest absolute Gasteiger partial charge is 0.138 e. The lowest BCUT2D eigenvalue weighted by Crippen LogP contribution is -2.18. The number of nitrogens with two attached hydrogens (primary N) is 1.